The summed E-state index contributed by atoms with van der Waals surface area (Å²) in [5.41, 5.74) is 0. The molecule has 0 aromatic rings. The van der Waals surface area contributed by atoms with E-state index in [1.54, 1.807) is 13.8 Å². The van der Waals surface area contributed by atoms with Crippen LogP contribution in [0.4, 0.5) is 0 Å². The van der Waals surface area contributed by atoms with Gasteiger partial charge in [0.15, 0.2) is 0 Å². The van der Waals surface area contributed by atoms with E-state index in [0.717, 1.165) is 7.11 Å². The molecule has 1 N–H and O–H groups in total. The minimum absolute atomic E-state index is 0.263. The summed E-state index contributed by atoms with van der Waals surface area (Å²) >= 11 is 16.2. The summed E-state index contributed by atoms with van der Waals surface area (Å²) in [6.07, 6.45) is 0. The zero-order valence-electron chi connectivity index (χ0n) is 10.5. The predicted molar refractivity (Wildman–Crippen MR) is 70.0 cm³/mol. The SMILES string of the molecule is COC(=O)C(C(=O)NC(C)C)C(=O)OCC(Cl)(Cl)Cl. The minimum atomic E-state index is -1.83. The van der Waals surface area contributed by atoms with E-state index >= 15 is 0 Å². The molecule has 1 amide bonds. The second kappa shape index (κ2) is 7.77. The van der Waals surface area contributed by atoms with E-state index in [1.807, 2.05) is 0 Å². The molecule has 1 atom stereocenters. The molecule has 0 heterocycles. The highest BCUT2D eigenvalue weighted by atomic mass is 35.6. The number of hydrogen-bond donors (Lipinski definition) is 1. The quantitative estimate of drug-likeness (QED) is 0.464. The number of hydrogen-bond acceptors (Lipinski definition) is 5. The van der Waals surface area contributed by atoms with Crippen LogP contribution in [0.3, 0.4) is 0 Å². The molecule has 1 unspecified atom stereocenters. The Kier molecular flexibility index (Phi) is 7.47. The molecule has 0 spiro atoms. The van der Waals surface area contributed by atoms with Crippen molar-refractivity contribution >= 4 is 52.6 Å². The van der Waals surface area contributed by atoms with Gasteiger partial charge < -0.3 is 14.8 Å². The van der Waals surface area contributed by atoms with Gasteiger partial charge in [-0.3, -0.25) is 14.4 Å². The van der Waals surface area contributed by atoms with Crippen LogP contribution in [0.5, 0.6) is 0 Å². The maximum absolute atomic E-state index is 11.7. The second-order valence-corrected chi connectivity index (χ2v) is 6.36. The van der Waals surface area contributed by atoms with Crippen molar-refractivity contribution in [1.29, 1.82) is 0 Å². The number of esters is 2. The average molecular weight is 335 g/mol. The lowest BCUT2D eigenvalue weighted by Crippen LogP contribution is -2.44. The van der Waals surface area contributed by atoms with Gasteiger partial charge in [0.1, 0.15) is 6.61 Å². The van der Waals surface area contributed by atoms with Gasteiger partial charge in [-0.1, -0.05) is 34.8 Å². The lowest BCUT2D eigenvalue weighted by molar-refractivity contribution is -0.163. The molecule has 0 aromatic carbocycles. The first-order valence-electron chi connectivity index (χ1n) is 5.20. The molecule has 9 heteroatoms. The van der Waals surface area contributed by atoms with Gasteiger partial charge in [-0.2, -0.15) is 0 Å². The number of carbonyl (C=O) groups excluding carboxylic acids is 3. The monoisotopic (exact) mass is 333 g/mol. The van der Waals surface area contributed by atoms with Crippen LogP contribution >= 0.6 is 34.8 Å². The highest BCUT2D eigenvalue weighted by Crippen LogP contribution is 2.26. The standard InChI is InChI=1S/C10H14Cl3NO5/c1-5(2)14-7(15)6(8(16)18-3)9(17)19-4-10(11,12)13/h5-6H,4H2,1-3H3,(H,14,15). The first kappa shape index (κ1) is 18.3. The van der Waals surface area contributed by atoms with Crippen LogP contribution in [0.25, 0.3) is 0 Å². The Hall–Kier alpha value is -0.720. The zero-order chi connectivity index (χ0) is 15.2. The second-order valence-electron chi connectivity index (χ2n) is 3.84. The number of methoxy groups -OCH3 is 1. The molecule has 0 rings (SSSR count). The van der Waals surface area contributed by atoms with Crippen LogP contribution in [0.2, 0.25) is 0 Å². The fraction of sp³-hybridized carbons (Fsp3) is 0.700. The molecule has 0 fully saturated rings. The van der Waals surface area contributed by atoms with Crippen LogP contribution < -0.4 is 5.32 Å². The molecule has 19 heavy (non-hydrogen) atoms. The van der Waals surface area contributed by atoms with E-state index in [-0.39, 0.29) is 6.04 Å². The highest BCUT2D eigenvalue weighted by molar-refractivity contribution is 6.67. The van der Waals surface area contributed by atoms with Crippen LogP contribution in [-0.2, 0) is 23.9 Å². The van der Waals surface area contributed by atoms with E-state index in [9.17, 15) is 14.4 Å². The van der Waals surface area contributed by atoms with E-state index in [1.165, 1.54) is 0 Å². The molecule has 0 saturated carbocycles. The largest absolute Gasteiger partial charge is 0.468 e. The molecular formula is C10H14Cl3NO5. The minimum Gasteiger partial charge on any atom is -0.468 e. The number of rotatable bonds is 5. The smallest absolute Gasteiger partial charge is 0.330 e. The van der Waals surface area contributed by atoms with E-state index in [2.05, 4.69) is 14.8 Å². The van der Waals surface area contributed by atoms with E-state index < -0.39 is 34.2 Å². The highest BCUT2D eigenvalue weighted by Gasteiger charge is 2.38. The van der Waals surface area contributed by atoms with Gasteiger partial charge in [0.25, 0.3) is 0 Å². The maximum Gasteiger partial charge on any atom is 0.330 e. The molecule has 0 aliphatic heterocycles. The van der Waals surface area contributed by atoms with Crippen molar-refractivity contribution in [2.45, 2.75) is 23.7 Å². The Balaban J connectivity index is 4.80. The van der Waals surface area contributed by atoms with Crippen LogP contribution in [0, 0.1) is 5.92 Å². The first-order chi connectivity index (χ1) is 8.58. The van der Waals surface area contributed by atoms with Crippen molar-refractivity contribution < 1.29 is 23.9 Å². The zero-order valence-corrected chi connectivity index (χ0v) is 12.8. The maximum atomic E-state index is 11.7. The molecule has 0 saturated heterocycles. The third-order valence-corrected chi connectivity index (χ3v) is 2.07. The molecule has 0 aromatic heterocycles. The summed E-state index contributed by atoms with van der Waals surface area (Å²) in [4.78, 5) is 34.8. The molecule has 0 radical (unpaired) electrons. The summed E-state index contributed by atoms with van der Waals surface area (Å²) in [6, 6.07) is -0.263. The fourth-order valence-corrected chi connectivity index (χ4v) is 1.20. The Bertz CT molecular complexity index is 354. The van der Waals surface area contributed by atoms with Crippen LogP contribution in [-0.4, -0.2) is 41.4 Å². The summed E-state index contributed by atoms with van der Waals surface area (Å²) in [5.74, 6) is -4.78. The van der Waals surface area contributed by atoms with Gasteiger partial charge in [-0.25, -0.2) is 0 Å². The van der Waals surface area contributed by atoms with Crippen molar-refractivity contribution in [2.24, 2.45) is 5.92 Å². The van der Waals surface area contributed by atoms with Gasteiger partial charge in [0.2, 0.25) is 15.6 Å². The fourth-order valence-electron chi connectivity index (χ4n) is 1.03. The molecule has 110 valence electrons. The lowest BCUT2D eigenvalue weighted by atomic mass is 10.1. The average Bonchev–Trinajstić information content (AvgIpc) is 2.24. The predicted octanol–water partition coefficient (Wildman–Crippen LogP) is 1.21. The third-order valence-electron chi connectivity index (χ3n) is 1.74. The van der Waals surface area contributed by atoms with Gasteiger partial charge in [0.05, 0.1) is 7.11 Å². The normalized spacial score (nSPS) is 12.8. The number of ether oxygens (including phenoxy) is 2. The van der Waals surface area contributed by atoms with E-state index in [4.69, 9.17) is 34.8 Å². The van der Waals surface area contributed by atoms with Gasteiger partial charge in [-0.15, -0.1) is 0 Å². The van der Waals surface area contributed by atoms with Crippen LogP contribution in [0.1, 0.15) is 13.8 Å². The van der Waals surface area contributed by atoms with E-state index in [0.29, 0.717) is 0 Å². The third kappa shape index (κ3) is 7.44. The number of amides is 1. The van der Waals surface area contributed by atoms with Crippen LogP contribution in [0.15, 0.2) is 0 Å². The number of nitrogens with one attached hydrogen (secondary N) is 1. The summed E-state index contributed by atoms with van der Waals surface area (Å²) in [6.45, 7) is 2.75. The van der Waals surface area contributed by atoms with Crippen molar-refractivity contribution in [2.75, 3.05) is 13.7 Å². The number of carbonyl (C=O) groups is 3. The number of halogens is 3. The molecule has 0 bridgehead atoms. The summed E-state index contributed by atoms with van der Waals surface area (Å²) in [5, 5.41) is 2.40. The molecule has 6 nitrogen and oxygen atoms in total. The van der Waals surface area contributed by atoms with Gasteiger partial charge >= 0.3 is 11.9 Å². The molecular weight excluding hydrogens is 320 g/mol. The summed E-state index contributed by atoms with van der Waals surface area (Å²) in [7, 11) is 1.04. The first-order valence-corrected chi connectivity index (χ1v) is 6.33. The van der Waals surface area contributed by atoms with Crippen molar-refractivity contribution in [1.82, 2.24) is 5.32 Å². The number of alkyl halides is 3. The van der Waals surface area contributed by atoms with Crippen molar-refractivity contribution in [3.8, 4) is 0 Å². The summed E-state index contributed by atoms with van der Waals surface area (Å²) < 4.78 is 7.14. The Labute approximate surface area is 125 Å². The van der Waals surface area contributed by atoms with Crippen molar-refractivity contribution in [3.05, 3.63) is 0 Å². The van der Waals surface area contributed by atoms with Gasteiger partial charge in [-0.05, 0) is 13.8 Å². The molecule has 0 aliphatic carbocycles. The Morgan fingerprint density at radius 3 is 2.05 bits per heavy atom. The lowest BCUT2D eigenvalue weighted by Gasteiger charge is -2.17. The topological polar surface area (TPSA) is 81.7 Å². The Morgan fingerprint density at radius 2 is 1.68 bits per heavy atom. The molecule has 0 aliphatic rings. The Morgan fingerprint density at radius 1 is 1.16 bits per heavy atom. The van der Waals surface area contributed by atoms with Gasteiger partial charge in [0, 0.05) is 6.04 Å². The van der Waals surface area contributed by atoms with Crippen molar-refractivity contribution in [3.63, 3.8) is 0 Å².